The van der Waals surface area contributed by atoms with Crippen LogP contribution in [0.3, 0.4) is 0 Å². The number of aliphatic hydroxyl groups is 2. The van der Waals surface area contributed by atoms with E-state index in [1.807, 2.05) is 30.5 Å². The molecule has 0 saturated carbocycles. The Balaban J connectivity index is 0.000000285. The summed E-state index contributed by atoms with van der Waals surface area (Å²) in [7, 11) is 1.44. The molecule has 13 heteroatoms. The van der Waals surface area contributed by atoms with Crippen molar-refractivity contribution in [1.29, 1.82) is 0 Å². The van der Waals surface area contributed by atoms with Crippen molar-refractivity contribution in [2.45, 2.75) is 59.3 Å². The number of hydrogen-bond donors (Lipinski definition) is 4. The molecule has 5 rings (SSSR count). The van der Waals surface area contributed by atoms with E-state index in [9.17, 15) is 9.50 Å². The summed E-state index contributed by atoms with van der Waals surface area (Å²) < 4.78 is 27.1. The normalized spacial score (nSPS) is 12.5. The van der Waals surface area contributed by atoms with E-state index in [1.54, 1.807) is 38.4 Å². The predicted octanol–water partition coefficient (Wildman–Crippen LogP) is 5.24. The smallest absolute Gasteiger partial charge is 0.165 e. The molecule has 5 N–H and O–H groups in total. The summed E-state index contributed by atoms with van der Waals surface area (Å²) in [5, 5.41) is 26.0. The van der Waals surface area contributed by atoms with Crippen molar-refractivity contribution < 1.29 is 23.9 Å². The fourth-order valence-electron chi connectivity index (χ4n) is 4.71. The molecular weight excluding hydrogens is 633 g/mol. The Morgan fingerprint density at radius 1 is 1.09 bits per heavy atom. The molecule has 0 amide bonds. The average Bonchev–Trinajstić information content (AvgIpc) is 3.48. The van der Waals surface area contributed by atoms with Crippen molar-refractivity contribution >= 4 is 38.6 Å². The molecule has 2 unspecified atom stereocenters. The number of hydrogen-bond acceptors (Lipinski definition) is 10. The number of nitrogens with zero attached hydrogens (tertiary/aromatic N) is 5. The van der Waals surface area contributed by atoms with E-state index < -0.39 is 12.2 Å². The maximum atomic E-state index is 14.0. The van der Waals surface area contributed by atoms with E-state index in [2.05, 4.69) is 36.4 Å². The van der Waals surface area contributed by atoms with E-state index in [-0.39, 0.29) is 11.6 Å². The Labute approximate surface area is 263 Å². The van der Waals surface area contributed by atoms with Crippen LogP contribution < -0.4 is 15.8 Å². The summed E-state index contributed by atoms with van der Waals surface area (Å²) in [5.41, 5.74) is 11.1. The van der Waals surface area contributed by atoms with Crippen LogP contribution in [0.1, 0.15) is 36.7 Å². The van der Waals surface area contributed by atoms with Crippen molar-refractivity contribution in [3.63, 3.8) is 0 Å². The van der Waals surface area contributed by atoms with Gasteiger partial charge in [-0.3, -0.25) is 0 Å². The number of methoxy groups -OCH3 is 1. The van der Waals surface area contributed by atoms with Gasteiger partial charge in [-0.2, -0.15) is 0 Å². The second-order valence-corrected chi connectivity index (χ2v) is 11.5. The third-order valence-electron chi connectivity index (χ3n) is 6.74. The van der Waals surface area contributed by atoms with Gasteiger partial charge in [0.05, 0.1) is 37.2 Å². The van der Waals surface area contributed by atoms with E-state index in [4.69, 9.17) is 25.1 Å². The second kappa shape index (κ2) is 14.6. The van der Waals surface area contributed by atoms with Gasteiger partial charge in [-0.25, -0.2) is 19.3 Å². The number of nitrogens with two attached hydrogens (primary N) is 1. The van der Waals surface area contributed by atoms with Crippen molar-refractivity contribution in [3.05, 3.63) is 75.9 Å². The molecule has 4 aromatic heterocycles. The van der Waals surface area contributed by atoms with Gasteiger partial charge in [0.25, 0.3) is 0 Å². The first-order valence-corrected chi connectivity index (χ1v) is 14.9. The van der Waals surface area contributed by atoms with E-state index in [0.29, 0.717) is 43.1 Å². The van der Waals surface area contributed by atoms with Gasteiger partial charge < -0.3 is 35.1 Å². The highest BCUT2D eigenvalue weighted by Gasteiger charge is 2.18. The summed E-state index contributed by atoms with van der Waals surface area (Å²) in [6, 6.07) is 8.67. The van der Waals surface area contributed by atoms with Crippen LogP contribution in [0, 0.1) is 19.7 Å². The number of fused-ring (bicyclic) bond motifs is 1. The van der Waals surface area contributed by atoms with Crippen LogP contribution in [0.15, 0.2) is 51.7 Å². The maximum Gasteiger partial charge on any atom is 0.165 e. The lowest BCUT2D eigenvalue weighted by Crippen LogP contribution is -2.16. The number of halogens is 2. The van der Waals surface area contributed by atoms with Gasteiger partial charge in [0.15, 0.2) is 17.2 Å². The molecule has 5 aromatic rings. The number of rotatable bonds is 10. The summed E-state index contributed by atoms with van der Waals surface area (Å²) >= 11 is 3.26. The maximum absolute atomic E-state index is 14.0. The Hall–Kier alpha value is -4.07. The van der Waals surface area contributed by atoms with Crippen LogP contribution in [0.25, 0.3) is 22.3 Å². The molecule has 0 spiro atoms. The average molecular weight is 671 g/mol. The number of anilines is 2. The Bertz CT molecular complexity index is 1700. The SMILES string of the molecule is CC(O)CNc1ncc(Br)cc1N.COc1ccc(CCc2nc3cc(-c4c(C)noc4C)cnc3n2CC(C)O)cc1F. The van der Waals surface area contributed by atoms with E-state index >= 15 is 0 Å². The molecular formula is C31H37BrFN7O4. The molecule has 0 aliphatic rings. The van der Waals surface area contributed by atoms with Crippen molar-refractivity contribution in [1.82, 2.24) is 24.7 Å². The summed E-state index contributed by atoms with van der Waals surface area (Å²) in [4.78, 5) is 13.5. The molecule has 0 radical (unpaired) electrons. The fraction of sp³-hybridized carbons (Fsp3) is 0.355. The van der Waals surface area contributed by atoms with Gasteiger partial charge in [0.1, 0.15) is 22.9 Å². The number of aryl methyl sites for hydroxylation is 4. The number of ether oxygens (including phenoxy) is 1. The predicted molar refractivity (Wildman–Crippen MR) is 171 cm³/mol. The van der Waals surface area contributed by atoms with Crippen LogP contribution >= 0.6 is 15.9 Å². The molecule has 234 valence electrons. The van der Waals surface area contributed by atoms with Gasteiger partial charge >= 0.3 is 0 Å². The molecule has 0 saturated heterocycles. The number of imidazole rings is 1. The van der Waals surface area contributed by atoms with Crippen LogP contribution in [-0.2, 0) is 19.4 Å². The minimum atomic E-state index is -0.557. The van der Waals surface area contributed by atoms with Gasteiger partial charge in [0, 0.05) is 41.0 Å². The zero-order valence-corrected chi connectivity index (χ0v) is 26.9. The number of aliphatic hydroxyl groups excluding tert-OH is 2. The monoisotopic (exact) mass is 669 g/mol. The first-order chi connectivity index (χ1) is 21.0. The van der Waals surface area contributed by atoms with Gasteiger partial charge in [-0.05, 0) is 79.9 Å². The fourth-order valence-corrected chi connectivity index (χ4v) is 5.05. The van der Waals surface area contributed by atoms with Gasteiger partial charge in [-0.15, -0.1) is 0 Å². The molecule has 0 fully saturated rings. The molecule has 2 atom stereocenters. The molecule has 11 nitrogen and oxygen atoms in total. The van der Waals surface area contributed by atoms with Crippen LogP contribution in [-0.4, -0.2) is 60.8 Å². The number of nitrogens with one attached hydrogen (secondary N) is 1. The first kappa shape index (κ1) is 32.8. The minimum absolute atomic E-state index is 0.223. The molecule has 0 aliphatic heterocycles. The van der Waals surface area contributed by atoms with E-state index in [1.165, 1.54) is 13.2 Å². The third-order valence-corrected chi connectivity index (χ3v) is 7.17. The zero-order valence-electron chi connectivity index (χ0n) is 25.3. The largest absolute Gasteiger partial charge is 0.494 e. The van der Waals surface area contributed by atoms with Crippen molar-refractivity contribution in [2.24, 2.45) is 0 Å². The second-order valence-electron chi connectivity index (χ2n) is 10.5. The minimum Gasteiger partial charge on any atom is -0.494 e. The van der Waals surface area contributed by atoms with Crippen LogP contribution in [0.2, 0.25) is 0 Å². The topological polar surface area (TPSA) is 157 Å². The highest BCUT2D eigenvalue weighted by Crippen LogP contribution is 2.29. The Morgan fingerprint density at radius 2 is 1.86 bits per heavy atom. The lowest BCUT2D eigenvalue weighted by atomic mass is 10.1. The number of aromatic nitrogens is 5. The zero-order chi connectivity index (χ0) is 32.0. The lowest BCUT2D eigenvalue weighted by Gasteiger charge is -2.11. The van der Waals surface area contributed by atoms with Gasteiger partial charge in [0.2, 0.25) is 0 Å². The molecule has 1 aromatic carbocycles. The molecule has 44 heavy (non-hydrogen) atoms. The summed E-state index contributed by atoms with van der Waals surface area (Å²) in [6.45, 7) is 8.00. The van der Waals surface area contributed by atoms with Gasteiger partial charge in [-0.1, -0.05) is 11.2 Å². The molecule has 0 aliphatic carbocycles. The molecule has 4 heterocycles. The van der Waals surface area contributed by atoms with Crippen molar-refractivity contribution in [2.75, 3.05) is 24.7 Å². The third kappa shape index (κ3) is 8.10. The highest BCUT2D eigenvalue weighted by molar-refractivity contribution is 9.10. The summed E-state index contributed by atoms with van der Waals surface area (Å²) in [5.74, 6) is 1.95. The highest BCUT2D eigenvalue weighted by atomic mass is 79.9. The molecule has 0 bridgehead atoms. The number of benzene rings is 1. The summed E-state index contributed by atoms with van der Waals surface area (Å²) in [6.07, 6.45) is 3.64. The van der Waals surface area contributed by atoms with Crippen LogP contribution in [0.5, 0.6) is 5.75 Å². The number of pyridine rings is 2. The van der Waals surface area contributed by atoms with Crippen molar-refractivity contribution in [3.8, 4) is 16.9 Å². The first-order valence-electron chi connectivity index (χ1n) is 14.1. The lowest BCUT2D eigenvalue weighted by molar-refractivity contribution is 0.173. The van der Waals surface area contributed by atoms with E-state index in [0.717, 1.165) is 44.0 Å². The Kier molecular flexibility index (Phi) is 10.9. The van der Waals surface area contributed by atoms with Crippen LogP contribution in [0.4, 0.5) is 15.9 Å². The number of nitrogen functional groups attached to an aromatic ring is 1. The Morgan fingerprint density at radius 3 is 2.48 bits per heavy atom. The standard InChI is InChI=1S/C23H25FN4O3.C8H12BrN3O/c1-13(29)12-28-21(8-6-16-5-7-20(30-4)18(24)9-16)26-19-10-17(11-25-23(19)28)22-14(2)27-31-15(22)3;1-5(13)3-11-8-7(10)2-6(9)4-12-8/h5,7,9-11,13,29H,6,8,12H2,1-4H3;2,4-5,13H,3,10H2,1H3,(H,11,12). The quantitative estimate of drug-likeness (QED) is 0.155.